The van der Waals surface area contributed by atoms with E-state index in [1.54, 1.807) is 24.3 Å². The summed E-state index contributed by atoms with van der Waals surface area (Å²) in [5, 5.41) is 14.8. The third kappa shape index (κ3) is 4.33. The van der Waals surface area contributed by atoms with E-state index in [0.29, 0.717) is 23.4 Å². The number of carboxylic acid groups (broad SMARTS) is 1. The van der Waals surface area contributed by atoms with Crippen molar-refractivity contribution in [1.82, 2.24) is 5.32 Å². The lowest BCUT2D eigenvalue weighted by Gasteiger charge is -2.20. The van der Waals surface area contributed by atoms with Gasteiger partial charge >= 0.3 is 5.97 Å². The molecule has 0 fully saturated rings. The van der Waals surface area contributed by atoms with Crippen LogP contribution < -0.4 is 10.6 Å². The molecular formula is C25H20N2O5. The summed E-state index contributed by atoms with van der Waals surface area (Å²) in [5.41, 5.74) is 2.38. The number of anilines is 1. The first-order valence-corrected chi connectivity index (χ1v) is 10.1. The van der Waals surface area contributed by atoms with Gasteiger partial charge in [0.05, 0.1) is 12.5 Å². The molecule has 7 heteroatoms. The standard InChI is InChI=1S/C25H20N2O5/c28-22(29)13-21(26-14-15-6-2-1-3-7-15)25(32)27-16-10-11-19-20(12-16)24(31)18-9-5-4-8-17(18)23(19)30/h1-12,21,26H,13-14H2,(H,27,32)(H,28,29)/t21-/m0/s1. The van der Waals surface area contributed by atoms with Crippen molar-refractivity contribution in [3.05, 3.63) is 101 Å². The van der Waals surface area contributed by atoms with Crippen molar-refractivity contribution in [2.75, 3.05) is 5.32 Å². The third-order valence-corrected chi connectivity index (χ3v) is 5.28. The lowest BCUT2D eigenvalue weighted by atomic mass is 9.84. The summed E-state index contributed by atoms with van der Waals surface area (Å²) >= 11 is 0. The number of carbonyl (C=O) groups excluding carboxylic acids is 3. The molecule has 32 heavy (non-hydrogen) atoms. The Balaban J connectivity index is 1.53. The number of hydrogen-bond acceptors (Lipinski definition) is 5. The molecule has 4 rings (SSSR count). The molecule has 160 valence electrons. The molecule has 0 saturated heterocycles. The minimum Gasteiger partial charge on any atom is -0.481 e. The van der Waals surface area contributed by atoms with Crippen molar-refractivity contribution in [1.29, 1.82) is 0 Å². The Hall–Kier alpha value is -4.10. The molecule has 1 aliphatic carbocycles. The van der Waals surface area contributed by atoms with E-state index >= 15 is 0 Å². The van der Waals surface area contributed by atoms with Gasteiger partial charge in [-0.05, 0) is 23.8 Å². The van der Waals surface area contributed by atoms with Crippen LogP contribution in [-0.4, -0.2) is 34.6 Å². The highest BCUT2D eigenvalue weighted by Crippen LogP contribution is 2.29. The predicted molar refractivity (Wildman–Crippen MR) is 118 cm³/mol. The summed E-state index contributed by atoms with van der Waals surface area (Å²) in [5.74, 6) is -2.20. The van der Waals surface area contributed by atoms with Crippen LogP contribution in [-0.2, 0) is 16.1 Å². The minimum absolute atomic E-state index is 0.207. The van der Waals surface area contributed by atoms with Crippen LogP contribution in [0.1, 0.15) is 43.8 Å². The molecule has 3 aromatic carbocycles. The van der Waals surface area contributed by atoms with Gasteiger partial charge in [-0.1, -0.05) is 54.6 Å². The van der Waals surface area contributed by atoms with Crippen molar-refractivity contribution in [3.63, 3.8) is 0 Å². The fourth-order valence-corrected chi connectivity index (χ4v) is 3.68. The maximum absolute atomic E-state index is 12.9. The van der Waals surface area contributed by atoms with E-state index in [0.717, 1.165) is 5.56 Å². The van der Waals surface area contributed by atoms with Crippen LogP contribution in [0, 0.1) is 0 Å². The maximum Gasteiger partial charge on any atom is 0.305 e. The van der Waals surface area contributed by atoms with E-state index in [1.165, 1.54) is 18.2 Å². The molecule has 0 saturated carbocycles. The number of benzene rings is 3. The number of ketones is 2. The fraction of sp³-hybridized carbons (Fsp3) is 0.120. The largest absolute Gasteiger partial charge is 0.481 e. The first kappa shape index (κ1) is 21.1. The number of rotatable bonds is 7. The van der Waals surface area contributed by atoms with Gasteiger partial charge in [-0.15, -0.1) is 0 Å². The van der Waals surface area contributed by atoms with Gasteiger partial charge in [0.25, 0.3) is 0 Å². The number of amides is 1. The third-order valence-electron chi connectivity index (χ3n) is 5.28. The number of aliphatic carboxylic acids is 1. The fourth-order valence-electron chi connectivity index (χ4n) is 3.68. The molecule has 3 N–H and O–H groups in total. The predicted octanol–water partition coefficient (Wildman–Crippen LogP) is 3.03. The second kappa shape index (κ2) is 8.95. The van der Waals surface area contributed by atoms with Gasteiger partial charge in [-0.3, -0.25) is 19.2 Å². The van der Waals surface area contributed by atoms with Gasteiger partial charge < -0.3 is 15.7 Å². The second-order valence-electron chi connectivity index (χ2n) is 7.47. The molecule has 3 aromatic rings. The second-order valence-corrected chi connectivity index (χ2v) is 7.47. The first-order chi connectivity index (χ1) is 15.4. The van der Waals surface area contributed by atoms with Crippen LogP contribution in [0.5, 0.6) is 0 Å². The molecule has 7 nitrogen and oxygen atoms in total. The average molecular weight is 428 g/mol. The van der Waals surface area contributed by atoms with Gasteiger partial charge in [0.15, 0.2) is 11.6 Å². The van der Waals surface area contributed by atoms with Crippen molar-refractivity contribution in [2.45, 2.75) is 19.0 Å². The Morgan fingerprint density at radius 2 is 1.38 bits per heavy atom. The van der Waals surface area contributed by atoms with Crippen LogP contribution in [0.2, 0.25) is 0 Å². The zero-order valence-corrected chi connectivity index (χ0v) is 17.0. The SMILES string of the molecule is O=C(O)C[C@H](NCc1ccccc1)C(=O)Nc1ccc2c(c1)C(=O)c1ccccc1C2=O. The smallest absolute Gasteiger partial charge is 0.305 e. The summed E-state index contributed by atoms with van der Waals surface area (Å²) in [6.07, 6.45) is -0.408. The zero-order valence-electron chi connectivity index (χ0n) is 17.0. The van der Waals surface area contributed by atoms with Crippen LogP contribution in [0.3, 0.4) is 0 Å². The average Bonchev–Trinajstić information content (AvgIpc) is 2.80. The highest BCUT2D eigenvalue weighted by Gasteiger charge is 2.30. The summed E-state index contributed by atoms with van der Waals surface area (Å²) in [6.45, 7) is 0.320. The summed E-state index contributed by atoms with van der Waals surface area (Å²) < 4.78 is 0. The van der Waals surface area contributed by atoms with Crippen LogP contribution in [0.4, 0.5) is 5.69 Å². The topological polar surface area (TPSA) is 113 Å². The highest BCUT2D eigenvalue weighted by atomic mass is 16.4. The molecule has 0 radical (unpaired) electrons. The number of carboxylic acids is 1. The quantitative estimate of drug-likeness (QED) is 0.417. The number of carbonyl (C=O) groups is 4. The van der Waals surface area contributed by atoms with E-state index in [2.05, 4.69) is 10.6 Å². The van der Waals surface area contributed by atoms with Crippen LogP contribution in [0.15, 0.2) is 72.8 Å². The van der Waals surface area contributed by atoms with Crippen molar-refractivity contribution >= 4 is 29.1 Å². The molecule has 1 atom stereocenters. The zero-order chi connectivity index (χ0) is 22.7. The molecule has 0 aliphatic heterocycles. The van der Waals surface area contributed by atoms with Crippen LogP contribution in [0.25, 0.3) is 0 Å². The van der Waals surface area contributed by atoms with E-state index in [-0.39, 0.29) is 22.7 Å². The number of nitrogens with one attached hydrogen (secondary N) is 2. The Kier molecular flexibility index (Phi) is 5.91. The van der Waals surface area contributed by atoms with Gasteiger partial charge in [0.1, 0.15) is 0 Å². The Labute approximate surface area is 184 Å². The van der Waals surface area contributed by atoms with Crippen molar-refractivity contribution < 1.29 is 24.3 Å². The van der Waals surface area contributed by atoms with Gasteiger partial charge in [0.2, 0.25) is 5.91 Å². The van der Waals surface area contributed by atoms with Crippen molar-refractivity contribution in [2.24, 2.45) is 0 Å². The molecule has 1 aliphatic rings. The Bertz CT molecular complexity index is 1220. The maximum atomic E-state index is 12.9. The van der Waals surface area contributed by atoms with Gasteiger partial charge in [0, 0.05) is 34.5 Å². The number of fused-ring (bicyclic) bond motifs is 2. The molecule has 0 aromatic heterocycles. The van der Waals surface area contributed by atoms with E-state index in [4.69, 9.17) is 0 Å². The molecule has 1 amide bonds. The molecule has 0 spiro atoms. The van der Waals surface area contributed by atoms with Crippen molar-refractivity contribution in [3.8, 4) is 0 Å². The summed E-state index contributed by atoms with van der Waals surface area (Å²) in [6, 6.07) is 19.4. The van der Waals surface area contributed by atoms with Crippen LogP contribution >= 0.6 is 0 Å². The van der Waals surface area contributed by atoms with Gasteiger partial charge in [-0.25, -0.2) is 0 Å². The molecule has 0 heterocycles. The summed E-state index contributed by atoms with van der Waals surface area (Å²) in [4.78, 5) is 49.7. The Morgan fingerprint density at radius 1 is 0.781 bits per heavy atom. The number of hydrogen-bond donors (Lipinski definition) is 3. The lowest BCUT2D eigenvalue weighted by molar-refractivity contribution is -0.139. The minimum atomic E-state index is -1.12. The van der Waals surface area contributed by atoms with E-state index in [9.17, 15) is 24.3 Å². The summed E-state index contributed by atoms with van der Waals surface area (Å²) in [7, 11) is 0. The molecule has 0 bridgehead atoms. The van der Waals surface area contributed by atoms with E-state index in [1.807, 2.05) is 30.3 Å². The highest BCUT2D eigenvalue weighted by molar-refractivity contribution is 6.28. The van der Waals surface area contributed by atoms with Gasteiger partial charge in [-0.2, -0.15) is 0 Å². The monoisotopic (exact) mass is 428 g/mol. The molecular weight excluding hydrogens is 408 g/mol. The van der Waals surface area contributed by atoms with E-state index < -0.39 is 24.3 Å². The lowest BCUT2D eigenvalue weighted by Crippen LogP contribution is -2.41. The normalized spacial score (nSPS) is 13.1. The Morgan fingerprint density at radius 3 is 2.03 bits per heavy atom. The first-order valence-electron chi connectivity index (χ1n) is 10.1. The molecule has 0 unspecified atom stereocenters.